The number of rotatable bonds is 3. The van der Waals surface area contributed by atoms with Gasteiger partial charge in [-0.1, -0.05) is 0 Å². The van der Waals surface area contributed by atoms with Crippen LogP contribution in [-0.4, -0.2) is 77.8 Å². The predicted octanol–water partition coefficient (Wildman–Crippen LogP) is 0.105. The molecule has 0 unspecified atom stereocenters. The highest BCUT2D eigenvalue weighted by molar-refractivity contribution is 5.82. The van der Waals surface area contributed by atoms with Crippen molar-refractivity contribution in [2.45, 2.75) is 63.6 Å². The number of carbonyl (C=O) groups is 2. The fraction of sp³-hybridized carbons (Fsp3) is 0.889. The first kappa shape index (κ1) is 18.6. The van der Waals surface area contributed by atoms with E-state index >= 15 is 0 Å². The van der Waals surface area contributed by atoms with Gasteiger partial charge in [-0.3, -0.25) is 9.59 Å². The van der Waals surface area contributed by atoms with Gasteiger partial charge in [-0.05, 0) is 44.4 Å². The van der Waals surface area contributed by atoms with Crippen LogP contribution in [0.1, 0.15) is 45.4 Å². The van der Waals surface area contributed by atoms with Gasteiger partial charge in [0, 0.05) is 45.3 Å². The van der Waals surface area contributed by atoms with Crippen molar-refractivity contribution in [2.24, 2.45) is 11.1 Å². The van der Waals surface area contributed by atoms with Crippen molar-refractivity contribution >= 4 is 11.8 Å². The van der Waals surface area contributed by atoms with Crippen molar-refractivity contribution in [3.8, 4) is 0 Å². The first-order chi connectivity index (χ1) is 11.9. The molecule has 0 aliphatic carbocycles. The van der Waals surface area contributed by atoms with Crippen LogP contribution < -0.4 is 5.73 Å². The maximum Gasteiger partial charge on any atom is 0.242 e. The highest BCUT2D eigenvalue weighted by Crippen LogP contribution is 2.41. The lowest BCUT2D eigenvalue weighted by Crippen LogP contribution is -2.57. The van der Waals surface area contributed by atoms with Crippen LogP contribution in [0.15, 0.2) is 0 Å². The van der Waals surface area contributed by atoms with Gasteiger partial charge in [-0.2, -0.15) is 0 Å². The zero-order valence-corrected chi connectivity index (χ0v) is 15.2. The van der Waals surface area contributed by atoms with Crippen LogP contribution in [0.25, 0.3) is 0 Å². The summed E-state index contributed by atoms with van der Waals surface area (Å²) in [4.78, 5) is 28.6. The van der Waals surface area contributed by atoms with Gasteiger partial charge in [-0.15, -0.1) is 0 Å². The first-order valence-electron chi connectivity index (χ1n) is 9.51. The number of amides is 2. The highest BCUT2D eigenvalue weighted by atomic mass is 16.5. The summed E-state index contributed by atoms with van der Waals surface area (Å²) in [5.74, 6) is 0.102. The Kier molecular flexibility index (Phi) is 5.65. The van der Waals surface area contributed by atoms with Gasteiger partial charge in [0.15, 0.2) is 0 Å². The smallest absolute Gasteiger partial charge is 0.242 e. The van der Waals surface area contributed by atoms with Crippen molar-refractivity contribution in [1.29, 1.82) is 0 Å². The Balaban J connectivity index is 1.60. The van der Waals surface area contributed by atoms with Crippen molar-refractivity contribution < 1.29 is 19.4 Å². The molecule has 0 radical (unpaired) electrons. The maximum absolute atomic E-state index is 12.4. The quantitative estimate of drug-likeness (QED) is 0.750. The third-order valence-corrected chi connectivity index (χ3v) is 6.27. The molecule has 2 amide bonds. The molecule has 1 spiro atoms. The molecule has 7 heteroatoms. The molecule has 0 aromatic rings. The third-order valence-electron chi connectivity index (χ3n) is 6.27. The molecule has 3 aliphatic rings. The van der Waals surface area contributed by atoms with Gasteiger partial charge < -0.3 is 25.4 Å². The lowest BCUT2D eigenvalue weighted by atomic mass is 9.71. The first-order valence-corrected chi connectivity index (χ1v) is 9.51. The van der Waals surface area contributed by atoms with E-state index in [1.807, 2.05) is 0 Å². The molecule has 2 atom stereocenters. The number of carbonyl (C=O) groups excluding carboxylic acids is 2. The molecule has 3 fully saturated rings. The summed E-state index contributed by atoms with van der Waals surface area (Å²) in [6, 6.07) is -0.539. The molecule has 0 aromatic heterocycles. The second-order valence-electron chi connectivity index (χ2n) is 7.96. The summed E-state index contributed by atoms with van der Waals surface area (Å²) < 4.78 is 5.43. The Bertz CT molecular complexity index is 497. The van der Waals surface area contributed by atoms with Crippen LogP contribution in [0.2, 0.25) is 0 Å². The van der Waals surface area contributed by atoms with Crippen LogP contribution in [0.3, 0.4) is 0 Å². The van der Waals surface area contributed by atoms with E-state index in [1.165, 1.54) is 0 Å². The highest BCUT2D eigenvalue weighted by Gasteiger charge is 2.44. The van der Waals surface area contributed by atoms with Crippen molar-refractivity contribution in [2.75, 3.05) is 32.8 Å². The molecule has 0 aromatic carbocycles. The van der Waals surface area contributed by atoms with Crippen LogP contribution in [-0.2, 0) is 14.3 Å². The van der Waals surface area contributed by atoms with Gasteiger partial charge in [0.2, 0.25) is 11.8 Å². The Morgan fingerprint density at radius 2 is 1.92 bits per heavy atom. The molecule has 3 rings (SSSR count). The van der Waals surface area contributed by atoms with E-state index in [0.29, 0.717) is 25.6 Å². The van der Waals surface area contributed by atoms with E-state index in [4.69, 9.17) is 10.5 Å². The van der Waals surface area contributed by atoms with Gasteiger partial charge in [0.05, 0.1) is 6.10 Å². The molecule has 0 saturated carbocycles. The lowest BCUT2D eigenvalue weighted by Gasteiger charge is -2.50. The fourth-order valence-corrected chi connectivity index (χ4v) is 4.40. The minimum Gasteiger partial charge on any atom is -0.391 e. The predicted molar refractivity (Wildman–Crippen MR) is 92.7 cm³/mol. The maximum atomic E-state index is 12.4. The average molecular weight is 353 g/mol. The number of hydrogen-bond acceptors (Lipinski definition) is 5. The molecule has 3 saturated heterocycles. The summed E-state index contributed by atoms with van der Waals surface area (Å²) in [5.41, 5.74) is 5.92. The number of piperidine rings is 2. The normalized spacial score (nSPS) is 27.4. The number of aliphatic hydroxyl groups excluding tert-OH is 1. The zero-order chi connectivity index (χ0) is 18.0. The van der Waals surface area contributed by atoms with Crippen molar-refractivity contribution in [1.82, 2.24) is 9.80 Å². The Morgan fingerprint density at radius 3 is 2.52 bits per heavy atom. The number of nitrogens with zero attached hydrogens (tertiary/aromatic N) is 2. The van der Waals surface area contributed by atoms with E-state index in [1.54, 1.807) is 11.8 Å². The molecule has 7 nitrogen and oxygen atoms in total. The Hall–Kier alpha value is -1.18. The summed E-state index contributed by atoms with van der Waals surface area (Å²) in [6.07, 6.45) is 4.34. The van der Waals surface area contributed by atoms with E-state index in [2.05, 4.69) is 4.90 Å². The van der Waals surface area contributed by atoms with Gasteiger partial charge in [0.25, 0.3) is 0 Å². The van der Waals surface area contributed by atoms with E-state index in [0.717, 1.165) is 51.9 Å². The fourth-order valence-electron chi connectivity index (χ4n) is 4.40. The number of likely N-dealkylation sites (tertiary alicyclic amines) is 2. The monoisotopic (exact) mass is 353 g/mol. The number of nitrogens with two attached hydrogens (primary N) is 1. The number of aliphatic hydroxyl groups is 1. The van der Waals surface area contributed by atoms with Gasteiger partial charge in [-0.25, -0.2) is 0 Å². The Morgan fingerprint density at radius 1 is 1.28 bits per heavy atom. The summed E-state index contributed by atoms with van der Waals surface area (Å²) in [5, 5.41) is 9.55. The van der Waals surface area contributed by atoms with Crippen LogP contribution in [0, 0.1) is 5.41 Å². The molecular formula is C18H31N3O4. The van der Waals surface area contributed by atoms with Crippen LogP contribution >= 0.6 is 0 Å². The van der Waals surface area contributed by atoms with Crippen molar-refractivity contribution in [3.63, 3.8) is 0 Å². The lowest BCUT2D eigenvalue weighted by molar-refractivity contribution is -0.148. The van der Waals surface area contributed by atoms with E-state index in [9.17, 15) is 14.7 Å². The SMILES string of the molecule is C[C@H](O)[C@@H](N)C(=O)N1CCC2(CCC(=O)N(C3CCOCC3)C2)CC1. The largest absolute Gasteiger partial charge is 0.391 e. The molecule has 3 N–H and O–H groups in total. The summed E-state index contributed by atoms with van der Waals surface area (Å²) in [7, 11) is 0. The number of hydrogen-bond donors (Lipinski definition) is 2. The van der Waals surface area contributed by atoms with Crippen LogP contribution in [0.4, 0.5) is 0 Å². The number of ether oxygens (including phenoxy) is 1. The Labute approximate surface area is 149 Å². The molecule has 3 heterocycles. The topological polar surface area (TPSA) is 96.1 Å². The molecule has 3 aliphatic heterocycles. The summed E-state index contributed by atoms with van der Waals surface area (Å²) >= 11 is 0. The molecule has 0 bridgehead atoms. The van der Waals surface area contributed by atoms with E-state index < -0.39 is 12.1 Å². The van der Waals surface area contributed by atoms with E-state index in [-0.39, 0.29) is 17.2 Å². The minimum absolute atomic E-state index is 0.123. The third kappa shape index (κ3) is 3.99. The molecule has 25 heavy (non-hydrogen) atoms. The zero-order valence-electron chi connectivity index (χ0n) is 15.2. The molecular weight excluding hydrogens is 322 g/mol. The summed E-state index contributed by atoms with van der Waals surface area (Å²) in [6.45, 7) is 5.15. The van der Waals surface area contributed by atoms with Crippen LogP contribution in [0.5, 0.6) is 0 Å². The minimum atomic E-state index is -0.847. The second-order valence-corrected chi connectivity index (χ2v) is 7.96. The van der Waals surface area contributed by atoms with Gasteiger partial charge in [0.1, 0.15) is 6.04 Å². The van der Waals surface area contributed by atoms with Crippen molar-refractivity contribution in [3.05, 3.63) is 0 Å². The average Bonchev–Trinajstić information content (AvgIpc) is 2.64. The van der Waals surface area contributed by atoms with Gasteiger partial charge >= 0.3 is 0 Å². The molecule has 142 valence electrons. The second kappa shape index (κ2) is 7.60. The standard InChI is InChI=1S/C18H31N3O4/c1-13(22)16(19)17(24)20-8-6-18(7-9-20)5-2-15(23)21(12-18)14-3-10-25-11-4-14/h13-14,16,22H,2-12,19H2,1H3/t13-,16+/m0/s1.